The van der Waals surface area contributed by atoms with Crippen molar-refractivity contribution in [3.05, 3.63) is 23.3 Å². The number of carbonyl (C=O) groups excluding carboxylic acids is 1. The Kier molecular flexibility index (Phi) is 34.4. The van der Waals surface area contributed by atoms with Crippen molar-refractivity contribution in [1.82, 2.24) is 0 Å². The molecule has 0 radical (unpaired) electrons. The highest BCUT2D eigenvalue weighted by Gasteiger charge is 2.45. The first-order valence-corrected chi connectivity index (χ1v) is 28.6. The Bertz CT molecular complexity index is 1660. The van der Waals surface area contributed by atoms with E-state index >= 15 is 0 Å². The van der Waals surface area contributed by atoms with E-state index in [0.29, 0.717) is 108 Å². The number of nitrogens with two attached hydrogens (primary N) is 2. The number of ether oxygens (including phenoxy) is 3. The molecule has 2 aliphatic heterocycles. The van der Waals surface area contributed by atoms with Crippen molar-refractivity contribution < 1.29 is 85.4 Å². The number of esters is 1. The fourth-order valence-electron chi connectivity index (χ4n) is 10.5. The van der Waals surface area contributed by atoms with Gasteiger partial charge < -0.3 is 92.1 Å². The molecule has 1 fully saturated rings. The fourth-order valence-corrected chi connectivity index (χ4v) is 10.5. The van der Waals surface area contributed by atoms with Gasteiger partial charge in [0.15, 0.2) is 12.2 Å². The van der Waals surface area contributed by atoms with Gasteiger partial charge in [0, 0.05) is 24.8 Å². The molecule has 0 amide bonds. The molecule has 20 atom stereocenters. The molecule has 2 aliphatic rings. The van der Waals surface area contributed by atoms with Gasteiger partial charge >= 0.3 is 5.97 Å². The number of cyclic esters (lactones) is 1. The Morgan fingerprint density at radius 2 is 1.24 bits per heavy atom. The summed E-state index contributed by atoms with van der Waals surface area (Å²) in [6.45, 7) is 10.9. The smallest absolute Gasteiger partial charge is 0.311 e. The predicted octanol–water partition coefficient (Wildman–Crippen LogP) is 2.64. The van der Waals surface area contributed by atoms with E-state index in [1.54, 1.807) is 6.92 Å². The summed E-state index contributed by atoms with van der Waals surface area (Å²) in [6.07, 6.45) is -6.34. The molecule has 20 nitrogen and oxygen atoms in total. The number of unbranched alkanes of at least 4 members (excludes halogenated alkanes) is 2. The number of allylic oxidation sites excluding steroid dienone is 1. The van der Waals surface area contributed by atoms with Crippen LogP contribution in [-0.2, 0) is 19.0 Å². The van der Waals surface area contributed by atoms with E-state index in [1.165, 1.54) is 6.08 Å². The van der Waals surface area contributed by atoms with Crippen molar-refractivity contribution in [3.8, 4) is 0 Å². The second kappa shape index (κ2) is 37.5. The molecular weight excluding hydrogens is 987 g/mol. The van der Waals surface area contributed by atoms with Crippen LogP contribution in [-0.4, -0.2) is 189 Å². The third-order valence-electron chi connectivity index (χ3n) is 15.5. The van der Waals surface area contributed by atoms with Crippen LogP contribution in [0.3, 0.4) is 0 Å². The van der Waals surface area contributed by atoms with Crippen LogP contribution in [0.2, 0.25) is 0 Å². The molecule has 0 aromatic heterocycles. The van der Waals surface area contributed by atoms with Crippen LogP contribution in [0.25, 0.3) is 0 Å². The van der Waals surface area contributed by atoms with E-state index < -0.39 is 122 Å². The van der Waals surface area contributed by atoms with E-state index in [9.17, 15) is 71.2 Å². The van der Waals surface area contributed by atoms with E-state index in [-0.39, 0.29) is 49.9 Å². The number of hydrogen-bond acceptors (Lipinski definition) is 18. The third-order valence-corrected chi connectivity index (χ3v) is 15.5. The van der Waals surface area contributed by atoms with Gasteiger partial charge in [-0.25, -0.2) is 0 Å². The average molecular weight is 1090 g/mol. The van der Waals surface area contributed by atoms with Crippen molar-refractivity contribution >= 4 is 11.9 Å². The third kappa shape index (κ3) is 26.7. The minimum Gasteiger partial charge on any atom is -0.462 e. The molecular formula is C56H105N3O17. The lowest BCUT2D eigenvalue weighted by Gasteiger charge is -2.33. The lowest BCUT2D eigenvalue weighted by atomic mass is 9.84. The summed E-state index contributed by atoms with van der Waals surface area (Å²) in [6, 6.07) is 0. The molecule has 0 aromatic carbocycles. The van der Waals surface area contributed by atoms with E-state index in [0.717, 1.165) is 18.4 Å². The van der Waals surface area contributed by atoms with Gasteiger partial charge in [0.1, 0.15) is 30.5 Å². The van der Waals surface area contributed by atoms with Gasteiger partial charge in [-0.3, -0.25) is 9.79 Å². The predicted molar refractivity (Wildman–Crippen MR) is 289 cm³/mol. The molecule has 17 N–H and O–H groups in total. The summed E-state index contributed by atoms with van der Waals surface area (Å²) in [5.41, 5.74) is 12.5. The zero-order chi connectivity index (χ0) is 57.1. The summed E-state index contributed by atoms with van der Waals surface area (Å²) < 4.78 is 17.6. The normalized spacial score (nSPS) is 39.8. The molecule has 2 heterocycles. The second-order valence-corrected chi connectivity index (χ2v) is 22.6. The van der Waals surface area contributed by atoms with Gasteiger partial charge in [-0.05, 0) is 134 Å². The monoisotopic (exact) mass is 1090 g/mol. The molecule has 0 aliphatic carbocycles. The summed E-state index contributed by atoms with van der Waals surface area (Å²) >= 11 is 0. The van der Waals surface area contributed by atoms with Crippen LogP contribution in [0, 0.1) is 23.7 Å². The topological polar surface area (TPSA) is 372 Å². The molecule has 0 saturated carbocycles. The highest BCUT2D eigenvalue weighted by atomic mass is 16.7. The molecule has 17 unspecified atom stereocenters. The number of hydrogen-bond donors (Lipinski definition) is 15. The maximum absolute atomic E-state index is 14.2. The Morgan fingerprint density at radius 1 is 0.645 bits per heavy atom. The average Bonchev–Trinajstić information content (AvgIpc) is 3.62. The first-order valence-electron chi connectivity index (χ1n) is 28.6. The van der Waals surface area contributed by atoms with Crippen molar-refractivity contribution in [2.45, 2.75) is 281 Å². The lowest BCUT2D eigenvalue weighted by Crippen LogP contribution is -2.41. The number of guanidine groups is 1. The molecule has 0 spiro atoms. The molecule has 0 aromatic rings. The quantitative estimate of drug-likeness (QED) is 0.0465. The first kappa shape index (κ1) is 69.7. The lowest BCUT2D eigenvalue weighted by molar-refractivity contribution is -0.202. The number of rotatable bonds is 11. The minimum absolute atomic E-state index is 0.0172. The van der Waals surface area contributed by atoms with Crippen molar-refractivity contribution in [2.75, 3.05) is 13.2 Å². The van der Waals surface area contributed by atoms with Gasteiger partial charge in [-0.2, -0.15) is 0 Å². The molecule has 20 heteroatoms. The molecule has 2 rings (SSSR count). The number of nitrogens with zero attached hydrogens (tertiary/aromatic N) is 1. The van der Waals surface area contributed by atoms with Crippen LogP contribution in [0.15, 0.2) is 28.3 Å². The zero-order valence-electron chi connectivity index (χ0n) is 46.7. The van der Waals surface area contributed by atoms with Crippen molar-refractivity contribution in [1.29, 1.82) is 0 Å². The number of aliphatic imine (C=N–C) groups is 1. The largest absolute Gasteiger partial charge is 0.462 e. The van der Waals surface area contributed by atoms with Crippen LogP contribution in [0.1, 0.15) is 183 Å². The SMILES string of the molecule is CCCCCC1C(=O)OC(CCCN=C(N)N)C(C)C(O)C(C)/C=C(\C)CCCCC(O)CC(O)CC(O)CC(O)CC(O)C(OC2O[C@H](CO)[C@@H](O)[C@@H]2O)/C=C(\C)C(O)CCCC(O)CCCC(O)CCC(C)C1O. The van der Waals surface area contributed by atoms with Crippen LogP contribution in [0.5, 0.6) is 0 Å². The van der Waals surface area contributed by atoms with Crippen molar-refractivity contribution in [2.24, 2.45) is 40.1 Å². The maximum Gasteiger partial charge on any atom is 0.311 e. The van der Waals surface area contributed by atoms with Crippen molar-refractivity contribution in [3.63, 3.8) is 0 Å². The van der Waals surface area contributed by atoms with Gasteiger partial charge in [0.25, 0.3) is 0 Å². The summed E-state index contributed by atoms with van der Waals surface area (Å²) in [5.74, 6) is -2.62. The second-order valence-electron chi connectivity index (χ2n) is 22.6. The highest BCUT2D eigenvalue weighted by molar-refractivity contribution is 5.75. The molecule has 0 bridgehead atoms. The number of aliphatic hydroxyl groups is 13. The number of carbonyl (C=O) groups is 1. The Balaban J connectivity index is 2.33. The molecule has 76 heavy (non-hydrogen) atoms. The van der Waals surface area contributed by atoms with Gasteiger partial charge in [-0.15, -0.1) is 0 Å². The van der Waals surface area contributed by atoms with E-state index in [4.69, 9.17) is 25.7 Å². The standard InChI is InChI=1S/C56H105N3O17/c1-7-8-9-20-44-51(70)34(3)23-24-39(62)18-12-17-38(61)19-13-21-45(67)35(4)27-48(75-55-53(72)52(71)49(32-60)76-55)46(68)31-43(66)30-42(65)29-41(64)28-40(63)16-11-10-15-33(2)26-36(5)50(69)37(6)47(74-54(44)73)22-14-25-59-56(57)58/h26-27,34,36-53,55,60-72H,7-25,28-32H2,1-6H3,(H4,57,58,59)/b33-26+,35-27+/t34?,36?,37?,38?,39?,40?,41?,42?,43?,44?,45?,46?,47?,48?,49-,50?,51?,52-,53+,55?/m1/s1. The van der Waals surface area contributed by atoms with Crippen LogP contribution < -0.4 is 11.5 Å². The fraction of sp³-hybridized carbons (Fsp3) is 0.893. The van der Waals surface area contributed by atoms with Crippen LogP contribution in [0.4, 0.5) is 0 Å². The molecule has 446 valence electrons. The summed E-state index contributed by atoms with van der Waals surface area (Å²) in [4.78, 5) is 18.3. The maximum atomic E-state index is 14.2. The van der Waals surface area contributed by atoms with Gasteiger partial charge in [0.05, 0.1) is 73.6 Å². The Hall–Kier alpha value is -2.38. The molecule has 1 saturated heterocycles. The van der Waals surface area contributed by atoms with Gasteiger partial charge in [0.2, 0.25) is 0 Å². The van der Waals surface area contributed by atoms with Crippen LogP contribution >= 0.6 is 0 Å². The number of aliphatic hydroxyl groups excluding tert-OH is 13. The van der Waals surface area contributed by atoms with E-state index in [1.807, 2.05) is 33.8 Å². The highest BCUT2D eigenvalue weighted by Crippen LogP contribution is 2.31. The first-order chi connectivity index (χ1) is 35.9. The Labute approximate surface area is 453 Å². The summed E-state index contributed by atoms with van der Waals surface area (Å²) in [5, 5.41) is 142. The summed E-state index contributed by atoms with van der Waals surface area (Å²) in [7, 11) is 0. The Morgan fingerprint density at radius 3 is 1.84 bits per heavy atom. The minimum atomic E-state index is -1.59. The van der Waals surface area contributed by atoms with Gasteiger partial charge in [-0.1, -0.05) is 71.1 Å². The van der Waals surface area contributed by atoms with E-state index in [2.05, 4.69) is 11.9 Å². The zero-order valence-corrected chi connectivity index (χ0v) is 46.7.